The summed E-state index contributed by atoms with van der Waals surface area (Å²) >= 11 is 6.14. The molecule has 0 aliphatic carbocycles. The van der Waals surface area contributed by atoms with Crippen molar-refractivity contribution in [3.8, 4) is 0 Å². The predicted molar refractivity (Wildman–Crippen MR) is 90.5 cm³/mol. The summed E-state index contributed by atoms with van der Waals surface area (Å²) in [5, 5.41) is 3.70. The molecule has 1 aromatic rings. The van der Waals surface area contributed by atoms with Crippen molar-refractivity contribution in [2.24, 2.45) is 5.92 Å². The molecular weight excluding hydrogens is 298 g/mol. The lowest BCUT2D eigenvalue weighted by Gasteiger charge is -2.46. The summed E-state index contributed by atoms with van der Waals surface area (Å²) in [6.45, 7) is 4.99. The van der Waals surface area contributed by atoms with Gasteiger partial charge >= 0.3 is 6.03 Å². The molecule has 0 aromatic heterocycles. The standard InChI is InChI=1S/C17H24ClN3O/c1-12-5-6-14(10-15(12)18)19-17(22)21-8-3-4-13-11-20(2)9-7-16(13)21/h5-6,10,13,16H,3-4,7-9,11H2,1-2H3,(H,19,22)/t13-,16-/m0/s1. The van der Waals surface area contributed by atoms with Crippen LogP contribution in [-0.2, 0) is 0 Å². The number of aryl methyl sites for hydroxylation is 1. The average Bonchev–Trinajstić information content (AvgIpc) is 2.50. The molecule has 2 saturated heterocycles. The summed E-state index contributed by atoms with van der Waals surface area (Å²) in [6, 6.07) is 6.07. The molecule has 3 rings (SSSR count). The molecule has 2 aliphatic rings. The molecule has 4 nitrogen and oxygen atoms in total. The molecule has 2 atom stereocenters. The van der Waals surface area contributed by atoms with Gasteiger partial charge in [0.15, 0.2) is 0 Å². The third kappa shape index (κ3) is 3.23. The smallest absolute Gasteiger partial charge is 0.321 e. The van der Waals surface area contributed by atoms with Gasteiger partial charge in [-0.3, -0.25) is 0 Å². The van der Waals surface area contributed by atoms with Gasteiger partial charge < -0.3 is 15.1 Å². The minimum atomic E-state index is 0.0131. The van der Waals surface area contributed by atoms with Gasteiger partial charge in [0, 0.05) is 29.8 Å². The van der Waals surface area contributed by atoms with Gasteiger partial charge in [0.05, 0.1) is 0 Å². The third-order valence-electron chi connectivity index (χ3n) is 4.96. The third-order valence-corrected chi connectivity index (χ3v) is 5.36. The van der Waals surface area contributed by atoms with Gasteiger partial charge in [0.25, 0.3) is 0 Å². The Labute approximate surface area is 137 Å². The Kier molecular flexibility index (Phi) is 4.59. The monoisotopic (exact) mass is 321 g/mol. The fourth-order valence-electron chi connectivity index (χ4n) is 3.70. The van der Waals surface area contributed by atoms with Gasteiger partial charge in [-0.1, -0.05) is 17.7 Å². The first kappa shape index (κ1) is 15.6. The predicted octanol–water partition coefficient (Wildman–Crippen LogP) is 3.60. The van der Waals surface area contributed by atoms with Crippen LogP contribution in [0.1, 0.15) is 24.8 Å². The van der Waals surface area contributed by atoms with Crippen molar-refractivity contribution in [2.75, 3.05) is 32.0 Å². The van der Waals surface area contributed by atoms with Crippen molar-refractivity contribution in [2.45, 2.75) is 32.2 Å². The van der Waals surface area contributed by atoms with Gasteiger partial charge in [-0.2, -0.15) is 0 Å². The molecule has 0 bridgehead atoms. The van der Waals surface area contributed by atoms with Gasteiger partial charge in [0.2, 0.25) is 0 Å². The van der Waals surface area contributed by atoms with E-state index < -0.39 is 0 Å². The number of nitrogens with zero attached hydrogens (tertiary/aromatic N) is 2. The van der Waals surface area contributed by atoms with Crippen molar-refractivity contribution in [1.29, 1.82) is 0 Å². The zero-order chi connectivity index (χ0) is 15.7. The van der Waals surface area contributed by atoms with E-state index in [4.69, 9.17) is 11.6 Å². The minimum absolute atomic E-state index is 0.0131. The molecule has 22 heavy (non-hydrogen) atoms. The SMILES string of the molecule is Cc1ccc(NC(=O)N2CCC[C@H]3CN(C)CC[C@@H]32)cc1Cl. The zero-order valence-electron chi connectivity index (χ0n) is 13.3. The molecule has 2 aliphatic heterocycles. The van der Waals surface area contributed by atoms with E-state index in [0.29, 0.717) is 17.0 Å². The van der Waals surface area contributed by atoms with Crippen LogP contribution in [0.25, 0.3) is 0 Å². The van der Waals surface area contributed by atoms with Gasteiger partial charge in [0.1, 0.15) is 0 Å². The highest BCUT2D eigenvalue weighted by Crippen LogP contribution is 2.30. The summed E-state index contributed by atoms with van der Waals surface area (Å²) in [6.07, 6.45) is 3.40. The fraction of sp³-hybridized carbons (Fsp3) is 0.588. The number of amides is 2. The number of fused-ring (bicyclic) bond motifs is 1. The van der Waals surface area contributed by atoms with Crippen LogP contribution in [0.5, 0.6) is 0 Å². The second kappa shape index (κ2) is 6.47. The maximum Gasteiger partial charge on any atom is 0.322 e. The number of piperidine rings is 2. The van der Waals surface area contributed by atoms with Crippen LogP contribution in [0, 0.1) is 12.8 Å². The molecule has 1 aromatic carbocycles. The van der Waals surface area contributed by atoms with E-state index in [0.717, 1.165) is 43.7 Å². The van der Waals surface area contributed by atoms with Crippen LogP contribution in [-0.4, -0.2) is 48.6 Å². The highest BCUT2D eigenvalue weighted by molar-refractivity contribution is 6.31. The minimum Gasteiger partial charge on any atom is -0.321 e. The second-order valence-electron chi connectivity index (χ2n) is 6.61. The maximum absolute atomic E-state index is 12.7. The number of rotatable bonds is 1. The normalized spacial score (nSPS) is 25.7. The Hall–Kier alpha value is -1.26. The molecule has 5 heteroatoms. The van der Waals surface area contributed by atoms with Crippen molar-refractivity contribution in [3.05, 3.63) is 28.8 Å². The van der Waals surface area contributed by atoms with Crippen molar-refractivity contribution in [1.82, 2.24) is 9.80 Å². The molecule has 0 spiro atoms. The molecular formula is C17H24ClN3O. The van der Waals surface area contributed by atoms with Gasteiger partial charge in [-0.25, -0.2) is 4.79 Å². The number of urea groups is 1. The van der Waals surface area contributed by atoms with Crippen molar-refractivity contribution < 1.29 is 4.79 Å². The number of halogens is 1. The topological polar surface area (TPSA) is 35.6 Å². The first-order valence-corrected chi connectivity index (χ1v) is 8.44. The number of carbonyl (C=O) groups excluding carboxylic acids is 1. The highest BCUT2D eigenvalue weighted by atomic mass is 35.5. The number of anilines is 1. The van der Waals surface area contributed by atoms with Crippen LogP contribution >= 0.6 is 11.6 Å². The summed E-state index contributed by atoms with van der Waals surface area (Å²) in [7, 11) is 2.17. The van der Waals surface area contributed by atoms with Crippen LogP contribution < -0.4 is 5.32 Å². The first-order valence-electron chi connectivity index (χ1n) is 8.07. The Balaban J connectivity index is 1.69. The number of likely N-dealkylation sites (tertiary alicyclic amines) is 2. The molecule has 1 N–H and O–H groups in total. The Morgan fingerprint density at radius 3 is 2.91 bits per heavy atom. The zero-order valence-corrected chi connectivity index (χ0v) is 14.1. The van der Waals surface area contributed by atoms with Gasteiger partial charge in [-0.15, -0.1) is 0 Å². The molecule has 2 amide bonds. The fourth-order valence-corrected chi connectivity index (χ4v) is 3.88. The summed E-state index contributed by atoms with van der Waals surface area (Å²) in [5.41, 5.74) is 1.80. The summed E-state index contributed by atoms with van der Waals surface area (Å²) in [5.74, 6) is 0.611. The van der Waals surface area contributed by atoms with E-state index >= 15 is 0 Å². The van der Waals surface area contributed by atoms with Crippen molar-refractivity contribution in [3.63, 3.8) is 0 Å². The molecule has 0 saturated carbocycles. The molecule has 2 heterocycles. The summed E-state index contributed by atoms with van der Waals surface area (Å²) in [4.78, 5) is 17.1. The lowest BCUT2D eigenvalue weighted by Crippen LogP contribution is -2.56. The second-order valence-corrected chi connectivity index (χ2v) is 7.02. The van der Waals surface area contributed by atoms with Crippen molar-refractivity contribution >= 4 is 23.3 Å². The van der Waals surface area contributed by atoms with Gasteiger partial charge in [-0.05, 0) is 63.4 Å². The Morgan fingerprint density at radius 2 is 2.14 bits per heavy atom. The summed E-state index contributed by atoms with van der Waals surface area (Å²) < 4.78 is 0. The quantitative estimate of drug-likeness (QED) is 0.858. The lowest BCUT2D eigenvalue weighted by molar-refractivity contribution is 0.0579. The van der Waals surface area contributed by atoms with E-state index in [1.165, 1.54) is 6.42 Å². The Morgan fingerprint density at radius 1 is 1.32 bits per heavy atom. The first-order chi connectivity index (χ1) is 10.5. The van der Waals surface area contributed by atoms with E-state index in [9.17, 15) is 4.79 Å². The maximum atomic E-state index is 12.7. The Bertz CT molecular complexity index is 563. The van der Waals surface area contributed by atoms with Crippen LogP contribution in [0.4, 0.5) is 10.5 Å². The number of hydrogen-bond donors (Lipinski definition) is 1. The molecule has 120 valence electrons. The number of benzene rings is 1. The number of nitrogens with one attached hydrogen (secondary N) is 1. The van der Waals surface area contributed by atoms with Crippen LogP contribution in [0.15, 0.2) is 18.2 Å². The molecule has 2 fully saturated rings. The van der Waals surface area contributed by atoms with E-state index in [2.05, 4.69) is 17.3 Å². The largest absolute Gasteiger partial charge is 0.322 e. The highest BCUT2D eigenvalue weighted by Gasteiger charge is 2.37. The van der Waals surface area contributed by atoms with Crippen LogP contribution in [0.2, 0.25) is 5.02 Å². The van der Waals surface area contributed by atoms with Crippen LogP contribution in [0.3, 0.4) is 0 Å². The molecule has 0 radical (unpaired) electrons. The number of carbonyl (C=O) groups is 1. The lowest BCUT2D eigenvalue weighted by atomic mass is 9.84. The van der Waals surface area contributed by atoms with E-state index in [1.54, 1.807) is 0 Å². The number of hydrogen-bond acceptors (Lipinski definition) is 2. The average molecular weight is 322 g/mol. The van der Waals surface area contributed by atoms with E-state index in [-0.39, 0.29) is 6.03 Å². The van der Waals surface area contributed by atoms with E-state index in [1.807, 2.05) is 30.0 Å². The molecule has 0 unspecified atom stereocenters.